The van der Waals surface area contributed by atoms with E-state index in [1.54, 1.807) is 0 Å². The standard InChI is InChI=1S/C18H37N3/c1-5-8-12-16(7-3)19-18(21(4)15-6-2)20-17-13-10-9-11-14-17/h16-17H,5-15H2,1-4H3,(H,19,20). The van der Waals surface area contributed by atoms with Gasteiger partial charge in [-0.3, -0.25) is 0 Å². The van der Waals surface area contributed by atoms with E-state index in [1.807, 2.05) is 0 Å². The van der Waals surface area contributed by atoms with Crippen molar-refractivity contribution >= 4 is 5.96 Å². The third-order valence-electron chi connectivity index (χ3n) is 4.53. The molecule has 0 aromatic rings. The van der Waals surface area contributed by atoms with Gasteiger partial charge in [-0.15, -0.1) is 0 Å². The first-order valence-electron chi connectivity index (χ1n) is 9.26. The van der Waals surface area contributed by atoms with Crippen LogP contribution in [-0.2, 0) is 0 Å². The summed E-state index contributed by atoms with van der Waals surface area (Å²) in [6, 6.07) is 1.12. The summed E-state index contributed by atoms with van der Waals surface area (Å²) in [6.07, 6.45) is 12.9. The molecule has 0 aromatic heterocycles. The van der Waals surface area contributed by atoms with Crippen LogP contribution < -0.4 is 5.32 Å². The second-order valence-electron chi connectivity index (χ2n) is 6.56. The lowest BCUT2D eigenvalue weighted by atomic mass is 9.96. The topological polar surface area (TPSA) is 27.6 Å². The lowest BCUT2D eigenvalue weighted by Crippen LogP contribution is -2.45. The maximum atomic E-state index is 5.08. The molecule has 0 saturated heterocycles. The molecule has 0 aliphatic heterocycles. The number of unbranched alkanes of at least 4 members (excludes halogenated alkanes) is 1. The van der Waals surface area contributed by atoms with Gasteiger partial charge in [0.2, 0.25) is 0 Å². The van der Waals surface area contributed by atoms with Crippen LogP contribution in [0, 0.1) is 0 Å². The lowest BCUT2D eigenvalue weighted by Gasteiger charge is -2.29. The average Bonchev–Trinajstić information content (AvgIpc) is 2.51. The summed E-state index contributed by atoms with van der Waals surface area (Å²) in [7, 11) is 2.19. The summed E-state index contributed by atoms with van der Waals surface area (Å²) in [4.78, 5) is 7.40. The van der Waals surface area contributed by atoms with Crippen molar-refractivity contribution < 1.29 is 0 Å². The number of hydrogen-bond acceptors (Lipinski definition) is 1. The van der Waals surface area contributed by atoms with Crippen LogP contribution in [0.25, 0.3) is 0 Å². The van der Waals surface area contributed by atoms with Gasteiger partial charge in [0, 0.05) is 19.6 Å². The Hall–Kier alpha value is -0.730. The van der Waals surface area contributed by atoms with Crippen LogP contribution in [0.4, 0.5) is 0 Å². The summed E-state index contributed by atoms with van der Waals surface area (Å²) >= 11 is 0. The molecule has 0 heterocycles. The number of hydrogen-bond donors (Lipinski definition) is 1. The average molecular weight is 296 g/mol. The zero-order chi connectivity index (χ0) is 15.5. The molecule has 0 spiro atoms. The summed E-state index contributed by atoms with van der Waals surface area (Å²) < 4.78 is 0. The Kier molecular flexibility index (Phi) is 9.53. The third kappa shape index (κ3) is 7.19. The van der Waals surface area contributed by atoms with Crippen LogP contribution in [0.15, 0.2) is 4.99 Å². The van der Waals surface area contributed by atoms with E-state index in [1.165, 1.54) is 64.2 Å². The highest BCUT2D eigenvalue weighted by Crippen LogP contribution is 2.20. The monoisotopic (exact) mass is 295 g/mol. The Balaban J connectivity index is 2.67. The van der Waals surface area contributed by atoms with Gasteiger partial charge in [0.25, 0.3) is 0 Å². The van der Waals surface area contributed by atoms with Crippen molar-refractivity contribution in [2.24, 2.45) is 4.99 Å². The summed E-state index contributed by atoms with van der Waals surface area (Å²) in [5, 5.41) is 3.75. The third-order valence-corrected chi connectivity index (χ3v) is 4.53. The van der Waals surface area contributed by atoms with Crippen LogP contribution >= 0.6 is 0 Å². The Labute approximate surface area is 132 Å². The molecule has 1 aliphatic carbocycles. The molecule has 1 N–H and O–H groups in total. The molecule has 1 saturated carbocycles. The minimum atomic E-state index is 0.546. The van der Waals surface area contributed by atoms with Crippen molar-refractivity contribution in [1.82, 2.24) is 10.2 Å². The molecule has 124 valence electrons. The number of rotatable bonds is 8. The Morgan fingerprint density at radius 3 is 2.43 bits per heavy atom. The van der Waals surface area contributed by atoms with Gasteiger partial charge in [-0.1, -0.05) is 52.9 Å². The molecule has 0 radical (unpaired) electrons. The molecule has 0 aromatic carbocycles. The molecule has 0 bridgehead atoms. The fourth-order valence-corrected chi connectivity index (χ4v) is 3.08. The highest BCUT2D eigenvalue weighted by molar-refractivity contribution is 5.80. The molecule has 1 atom stereocenters. The van der Waals surface area contributed by atoms with Crippen LogP contribution in [0.3, 0.4) is 0 Å². The fourth-order valence-electron chi connectivity index (χ4n) is 3.08. The van der Waals surface area contributed by atoms with E-state index in [2.05, 4.69) is 38.0 Å². The largest absolute Gasteiger partial charge is 0.354 e. The number of guanidine groups is 1. The number of aliphatic imine (C=N–C) groups is 1. The predicted molar refractivity (Wildman–Crippen MR) is 94.0 cm³/mol. The molecule has 0 amide bonds. The van der Waals surface area contributed by atoms with Crippen molar-refractivity contribution in [2.45, 2.75) is 97.1 Å². The highest BCUT2D eigenvalue weighted by Gasteiger charge is 2.17. The van der Waals surface area contributed by atoms with Crippen molar-refractivity contribution in [3.8, 4) is 0 Å². The Morgan fingerprint density at radius 1 is 1.14 bits per heavy atom. The first-order valence-corrected chi connectivity index (χ1v) is 9.26. The van der Waals surface area contributed by atoms with Crippen molar-refractivity contribution in [2.75, 3.05) is 13.6 Å². The van der Waals surface area contributed by atoms with Gasteiger partial charge in [0.05, 0.1) is 6.04 Å². The SMILES string of the molecule is CCCCC(CC)NC(=NC1CCCCC1)N(C)CCC. The van der Waals surface area contributed by atoms with E-state index in [4.69, 9.17) is 4.99 Å². The second kappa shape index (κ2) is 10.9. The molecule has 21 heavy (non-hydrogen) atoms. The van der Waals surface area contributed by atoms with Crippen LogP contribution in [-0.4, -0.2) is 36.5 Å². The van der Waals surface area contributed by atoms with Gasteiger partial charge in [-0.2, -0.15) is 0 Å². The molecular formula is C18H37N3. The van der Waals surface area contributed by atoms with Crippen LogP contribution in [0.1, 0.15) is 85.0 Å². The maximum absolute atomic E-state index is 5.08. The van der Waals surface area contributed by atoms with Crippen molar-refractivity contribution in [3.63, 3.8) is 0 Å². The zero-order valence-corrected chi connectivity index (χ0v) is 14.8. The second-order valence-corrected chi connectivity index (χ2v) is 6.56. The van der Waals surface area contributed by atoms with Gasteiger partial charge in [0.15, 0.2) is 5.96 Å². The Bertz CT molecular complexity index is 282. The van der Waals surface area contributed by atoms with E-state index in [-0.39, 0.29) is 0 Å². The highest BCUT2D eigenvalue weighted by atomic mass is 15.3. The van der Waals surface area contributed by atoms with Gasteiger partial charge < -0.3 is 10.2 Å². The molecule has 1 aliphatic rings. The lowest BCUT2D eigenvalue weighted by molar-refractivity contribution is 0.410. The van der Waals surface area contributed by atoms with Gasteiger partial charge >= 0.3 is 0 Å². The number of nitrogens with one attached hydrogen (secondary N) is 1. The summed E-state index contributed by atoms with van der Waals surface area (Å²) in [6.45, 7) is 7.88. The normalized spacial score (nSPS) is 18.6. The predicted octanol–water partition coefficient (Wildman–Crippen LogP) is 4.58. The zero-order valence-electron chi connectivity index (χ0n) is 14.8. The van der Waals surface area contributed by atoms with Crippen LogP contribution in [0.5, 0.6) is 0 Å². The fraction of sp³-hybridized carbons (Fsp3) is 0.944. The molecule has 1 rings (SSSR count). The van der Waals surface area contributed by atoms with Gasteiger partial charge in [-0.25, -0.2) is 4.99 Å². The minimum Gasteiger partial charge on any atom is -0.354 e. The molecule has 3 heteroatoms. The van der Waals surface area contributed by atoms with Crippen molar-refractivity contribution in [3.05, 3.63) is 0 Å². The van der Waals surface area contributed by atoms with E-state index in [0.717, 1.165) is 12.5 Å². The van der Waals surface area contributed by atoms with E-state index in [0.29, 0.717) is 12.1 Å². The molecule has 3 nitrogen and oxygen atoms in total. The summed E-state index contributed by atoms with van der Waals surface area (Å²) in [5.41, 5.74) is 0. The summed E-state index contributed by atoms with van der Waals surface area (Å²) in [5.74, 6) is 1.15. The first-order chi connectivity index (χ1) is 10.2. The van der Waals surface area contributed by atoms with Crippen LogP contribution in [0.2, 0.25) is 0 Å². The number of nitrogens with zero attached hydrogens (tertiary/aromatic N) is 2. The maximum Gasteiger partial charge on any atom is 0.194 e. The van der Waals surface area contributed by atoms with E-state index < -0.39 is 0 Å². The Morgan fingerprint density at radius 2 is 1.86 bits per heavy atom. The minimum absolute atomic E-state index is 0.546. The van der Waals surface area contributed by atoms with E-state index in [9.17, 15) is 0 Å². The molecular weight excluding hydrogens is 258 g/mol. The smallest absolute Gasteiger partial charge is 0.194 e. The van der Waals surface area contributed by atoms with Gasteiger partial charge in [0.1, 0.15) is 0 Å². The molecule has 1 fully saturated rings. The van der Waals surface area contributed by atoms with Gasteiger partial charge in [-0.05, 0) is 32.1 Å². The molecule has 1 unspecified atom stereocenters. The first kappa shape index (κ1) is 18.3. The quantitative estimate of drug-likeness (QED) is 0.524. The van der Waals surface area contributed by atoms with Crippen molar-refractivity contribution in [1.29, 1.82) is 0 Å². The van der Waals surface area contributed by atoms with E-state index >= 15 is 0 Å².